The molecule has 0 spiro atoms. The Kier molecular flexibility index (Phi) is 4.08. The van der Waals surface area contributed by atoms with E-state index in [0.717, 1.165) is 17.2 Å². The molecule has 1 aliphatic rings. The topological polar surface area (TPSA) is 21.3 Å². The van der Waals surface area contributed by atoms with Crippen molar-refractivity contribution in [1.82, 2.24) is 0 Å². The van der Waals surface area contributed by atoms with Gasteiger partial charge in [-0.15, -0.1) is 0 Å². The van der Waals surface area contributed by atoms with Crippen LogP contribution in [0.2, 0.25) is 5.02 Å². The van der Waals surface area contributed by atoms with Gasteiger partial charge in [-0.2, -0.15) is 11.8 Å². The molecule has 104 valence electrons. The highest BCUT2D eigenvalue weighted by molar-refractivity contribution is 7.98. The van der Waals surface area contributed by atoms with Crippen LogP contribution in [0.1, 0.15) is 17.2 Å². The van der Waals surface area contributed by atoms with Crippen LogP contribution in [0.4, 0.5) is 5.69 Å². The van der Waals surface area contributed by atoms with Gasteiger partial charge in [0.1, 0.15) is 5.75 Å². The van der Waals surface area contributed by atoms with E-state index in [-0.39, 0.29) is 0 Å². The van der Waals surface area contributed by atoms with Gasteiger partial charge < -0.3 is 10.1 Å². The Morgan fingerprint density at radius 1 is 1.25 bits per heavy atom. The highest BCUT2D eigenvalue weighted by atomic mass is 35.5. The third-order valence-corrected chi connectivity index (χ3v) is 4.84. The van der Waals surface area contributed by atoms with Gasteiger partial charge in [0, 0.05) is 17.2 Å². The lowest BCUT2D eigenvalue weighted by atomic mass is 10.0. The van der Waals surface area contributed by atoms with Crippen LogP contribution in [-0.4, -0.2) is 12.9 Å². The average Bonchev–Trinajstić information content (AvgIpc) is 2.48. The molecule has 0 amide bonds. The van der Waals surface area contributed by atoms with Crippen molar-refractivity contribution in [3.63, 3.8) is 0 Å². The van der Waals surface area contributed by atoms with Crippen molar-refractivity contribution in [2.45, 2.75) is 11.8 Å². The number of hydrogen-bond donors (Lipinski definition) is 1. The first-order valence-corrected chi connectivity index (χ1v) is 8.07. The van der Waals surface area contributed by atoms with Crippen LogP contribution >= 0.6 is 23.4 Å². The monoisotopic (exact) mass is 305 g/mol. The zero-order valence-electron chi connectivity index (χ0n) is 11.2. The number of benzene rings is 2. The van der Waals surface area contributed by atoms with Crippen LogP contribution in [0.15, 0.2) is 42.5 Å². The summed E-state index contributed by atoms with van der Waals surface area (Å²) >= 11 is 8.13. The van der Waals surface area contributed by atoms with Crippen molar-refractivity contribution in [2.75, 3.05) is 18.2 Å². The second kappa shape index (κ2) is 5.98. The van der Waals surface area contributed by atoms with Gasteiger partial charge in [0.25, 0.3) is 0 Å². The molecule has 0 aliphatic carbocycles. The molecule has 2 aromatic carbocycles. The Morgan fingerprint density at radius 3 is 2.90 bits per heavy atom. The summed E-state index contributed by atoms with van der Waals surface area (Å²) in [6.45, 7) is 0. The number of rotatable bonds is 3. The Labute approximate surface area is 128 Å². The number of anilines is 1. The Hall–Kier alpha value is -1.32. The van der Waals surface area contributed by atoms with E-state index in [1.54, 1.807) is 7.11 Å². The van der Waals surface area contributed by atoms with Crippen LogP contribution < -0.4 is 10.1 Å². The molecule has 0 fully saturated rings. The maximum Gasteiger partial charge on any atom is 0.137 e. The molecular formula is C16H16ClNOS. The maximum absolute atomic E-state index is 6.18. The normalized spacial score (nSPS) is 17.4. The number of thioether (sulfide) groups is 1. The van der Waals surface area contributed by atoms with Crippen LogP contribution in [0.5, 0.6) is 5.75 Å². The van der Waals surface area contributed by atoms with Gasteiger partial charge in [0.05, 0.1) is 18.2 Å². The fourth-order valence-corrected chi connectivity index (χ4v) is 3.82. The predicted octanol–water partition coefficient (Wildman–Crippen LogP) is 4.75. The van der Waals surface area contributed by atoms with E-state index >= 15 is 0 Å². The van der Waals surface area contributed by atoms with E-state index in [1.807, 2.05) is 30.0 Å². The highest BCUT2D eigenvalue weighted by Gasteiger charge is 2.20. The zero-order valence-corrected chi connectivity index (χ0v) is 12.8. The second-order valence-corrected chi connectivity index (χ2v) is 6.20. The first kappa shape index (κ1) is 13.7. The van der Waals surface area contributed by atoms with Crippen LogP contribution in [0.25, 0.3) is 0 Å². The van der Waals surface area contributed by atoms with Gasteiger partial charge in [-0.1, -0.05) is 35.9 Å². The number of ether oxygens (including phenoxy) is 1. The quantitative estimate of drug-likeness (QED) is 0.884. The van der Waals surface area contributed by atoms with Crippen LogP contribution in [-0.2, 0) is 5.75 Å². The standard InChI is InChI=1S/C16H16ClNOS/c1-19-16-7-6-12(8-14(16)17)18-15-10-20-9-11-4-2-3-5-13(11)15/h2-8,15,18H,9-10H2,1H3. The van der Waals surface area contributed by atoms with Gasteiger partial charge >= 0.3 is 0 Å². The number of halogens is 1. The third kappa shape index (κ3) is 2.74. The predicted molar refractivity (Wildman–Crippen MR) is 87.0 cm³/mol. The molecule has 1 unspecified atom stereocenters. The van der Waals surface area contributed by atoms with E-state index in [2.05, 4.69) is 29.6 Å². The molecule has 1 N–H and O–H groups in total. The van der Waals surface area contributed by atoms with E-state index in [1.165, 1.54) is 11.1 Å². The largest absolute Gasteiger partial charge is 0.495 e. The summed E-state index contributed by atoms with van der Waals surface area (Å²) in [6.07, 6.45) is 0. The minimum atomic E-state index is 0.328. The van der Waals surface area contributed by atoms with Crippen molar-refractivity contribution in [3.8, 4) is 5.75 Å². The molecule has 2 aromatic rings. The van der Waals surface area contributed by atoms with Gasteiger partial charge in [-0.05, 0) is 29.3 Å². The average molecular weight is 306 g/mol. The van der Waals surface area contributed by atoms with Crippen molar-refractivity contribution in [3.05, 3.63) is 58.6 Å². The summed E-state index contributed by atoms with van der Waals surface area (Å²) < 4.78 is 5.18. The third-order valence-electron chi connectivity index (χ3n) is 3.47. The lowest BCUT2D eigenvalue weighted by Crippen LogP contribution is -2.18. The molecule has 1 atom stereocenters. The second-order valence-electron chi connectivity index (χ2n) is 4.76. The molecule has 4 heteroatoms. The molecular weight excluding hydrogens is 290 g/mol. The zero-order chi connectivity index (χ0) is 13.9. The lowest BCUT2D eigenvalue weighted by molar-refractivity contribution is 0.415. The molecule has 0 bridgehead atoms. The minimum absolute atomic E-state index is 0.328. The van der Waals surface area contributed by atoms with Crippen molar-refractivity contribution < 1.29 is 4.74 Å². The summed E-state index contributed by atoms with van der Waals surface area (Å²) in [5, 5.41) is 4.20. The van der Waals surface area contributed by atoms with Crippen LogP contribution in [0, 0.1) is 0 Å². The molecule has 3 rings (SSSR count). The van der Waals surface area contributed by atoms with Gasteiger partial charge in [-0.25, -0.2) is 0 Å². The summed E-state index contributed by atoms with van der Waals surface area (Å²) in [6, 6.07) is 14.8. The summed E-state index contributed by atoms with van der Waals surface area (Å²) in [5.41, 5.74) is 3.83. The number of fused-ring (bicyclic) bond motifs is 1. The minimum Gasteiger partial charge on any atom is -0.495 e. The van der Waals surface area contributed by atoms with E-state index in [9.17, 15) is 0 Å². The first-order valence-electron chi connectivity index (χ1n) is 6.53. The summed E-state index contributed by atoms with van der Waals surface area (Å²) in [7, 11) is 1.63. The molecule has 1 aliphatic heterocycles. The number of hydrogen-bond acceptors (Lipinski definition) is 3. The molecule has 0 radical (unpaired) electrons. The SMILES string of the molecule is COc1ccc(NC2CSCc3ccccc32)cc1Cl. The van der Waals surface area contributed by atoms with E-state index in [0.29, 0.717) is 16.8 Å². The molecule has 1 heterocycles. The van der Waals surface area contributed by atoms with Crippen molar-refractivity contribution >= 4 is 29.1 Å². The van der Waals surface area contributed by atoms with Gasteiger partial charge in [-0.3, -0.25) is 0 Å². The van der Waals surface area contributed by atoms with Crippen molar-refractivity contribution in [2.24, 2.45) is 0 Å². The maximum atomic E-state index is 6.18. The fourth-order valence-electron chi connectivity index (χ4n) is 2.46. The lowest BCUT2D eigenvalue weighted by Gasteiger charge is -2.27. The Morgan fingerprint density at radius 2 is 2.10 bits per heavy atom. The molecule has 2 nitrogen and oxygen atoms in total. The molecule has 0 saturated heterocycles. The summed E-state index contributed by atoms with van der Waals surface area (Å²) in [4.78, 5) is 0. The summed E-state index contributed by atoms with van der Waals surface area (Å²) in [5.74, 6) is 2.87. The first-order chi connectivity index (χ1) is 9.78. The van der Waals surface area contributed by atoms with Gasteiger partial charge in [0.2, 0.25) is 0 Å². The van der Waals surface area contributed by atoms with E-state index < -0.39 is 0 Å². The highest BCUT2D eigenvalue weighted by Crippen LogP contribution is 2.35. The Balaban J connectivity index is 1.84. The fraction of sp³-hybridized carbons (Fsp3) is 0.250. The molecule has 0 aromatic heterocycles. The van der Waals surface area contributed by atoms with E-state index in [4.69, 9.17) is 16.3 Å². The van der Waals surface area contributed by atoms with Crippen molar-refractivity contribution in [1.29, 1.82) is 0 Å². The van der Waals surface area contributed by atoms with Gasteiger partial charge in [0.15, 0.2) is 0 Å². The molecule has 0 saturated carbocycles. The Bertz CT molecular complexity index is 617. The molecule has 20 heavy (non-hydrogen) atoms. The number of nitrogens with one attached hydrogen (secondary N) is 1. The van der Waals surface area contributed by atoms with Crippen LogP contribution in [0.3, 0.4) is 0 Å². The number of methoxy groups -OCH3 is 1. The smallest absolute Gasteiger partial charge is 0.137 e.